The van der Waals surface area contributed by atoms with E-state index < -0.39 is 17.4 Å². The van der Waals surface area contributed by atoms with Crippen molar-refractivity contribution in [2.24, 2.45) is 17.3 Å². The number of hydrogen-bond donors (Lipinski definition) is 3. The molecule has 2 aliphatic rings. The molecular weight excluding hydrogens is 463 g/mol. The van der Waals surface area contributed by atoms with Crippen LogP contribution in [-0.2, 0) is 14.4 Å². The van der Waals surface area contributed by atoms with Gasteiger partial charge in [0.05, 0.1) is 12.5 Å². The van der Waals surface area contributed by atoms with Crippen molar-refractivity contribution in [1.29, 1.82) is 0 Å². The summed E-state index contributed by atoms with van der Waals surface area (Å²) in [5.41, 5.74) is 0.333. The highest BCUT2D eigenvalue weighted by Crippen LogP contribution is 2.31. The summed E-state index contributed by atoms with van der Waals surface area (Å²) in [6.07, 6.45) is 6.73. The van der Waals surface area contributed by atoms with Gasteiger partial charge >= 0.3 is 0 Å². The molecule has 0 aromatic heterocycles. The van der Waals surface area contributed by atoms with Gasteiger partial charge in [0.25, 0.3) is 0 Å². The van der Waals surface area contributed by atoms with Crippen LogP contribution in [0.15, 0.2) is 24.3 Å². The van der Waals surface area contributed by atoms with E-state index in [0.29, 0.717) is 36.9 Å². The fourth-order valence-electron chi connectivity index (χ4n) is 5.30. The van der Waals surface area contributed by atoms with Crippen molar-refractivity contribution in [1.82, 2.24) is 15.3 Å². The van der Waals surface area contributed by atoms with Gasteiger partial charge in [-0.2, -0.15) is 0 Å². The maximum absolute atomic E-state index is 13.6. The van der Waals surface area contributed by atoms with Crippen LogP contribution in [0.4, 0.5) is 10.1 Å². The molecule has 1 heterocycles. The lowest BCUT2D eigenvalue weighted by Crippen LogP contribution is -2.58. The summed E-state index contributed by atoms with van der Waals surface area (Å²) < 4.78 is 13.2. The predicted octanol–water partition coefficient (Wildman–Crippen LogP) is 3.80. The van der Waals surface area contributed by atoms with Gasteiger partial charge < -0.3 is 15.5 Å². The minimum Gasteiger partial charge on any atom is -0.382 e. The number of halogens is 1. The van der Waals surface area contributed by atoms with E-state index in [-0.39, 0.29) is 30.2 Å². The minimum atomic E-state index is -0.721. The van der Waals surface area contributed by atoms with Crippen LogP contribution >= 0.6 is 0 Å². The van der Waals surface area contributed by atoms with Crippen LogP contribution in [0, 0.1) is 23.1 Å². The fourth-order valence-corrected chi connectivity index (χ4v) is 5.30. The van der Waals surface area contributed by atoms with E-state index in [1.54, 1.807) is 17.0 Å². The van der Waals surface area contributed by atoms with Crippen molar-refractivity contribution in [2.45, 2.75) is 77.8 Å². The maximum Gasteiger partial charge on any atom is 0.245 e. The number of anilines is 1. The Hall–Kier alpha value is -2.68. The summed E-state index contributed by atoms with van der Waals surface area (Å²) in [7, 11) is 0. The number of piperidine rings is 1. The Bertz CT molecular complexity index is 875. The first-order valence-corrected chi connectivity index (χ1v) is 13.1. The second-order valence-electron chi connectivity index (χ2n) is 11.4. The van der Waals surface area contributed by atoms with Gasteiger partial charge in [-0.1, -0.05) is 46.5 Å². The molecule has 2 fully saturated rings. The molecule has 8 nitrogen and oxygen atoms in total. The minimum absolute atomic E-state index is 0.0860. The van der Waals surface area contributed by atoms with Gasteiger partial charge in [0.1, 0.15) is 11.9 Å². The highest BCUT2D eigenvalue weighted by Gasteiger charge is 2.38. The third-order valence-corrected chi connectivity index (χ3v) is 7.41. The van der Waals surface area contributed by atoms with Gasteiger partial charge in [0.2, 0.25) is 18.2 Å². The molecule has 0 bridgehead atoms. The van der Waals surface area contributed by atoms with Crippen molar-refractivity contribution in [3.63, 3.8) is 0 Å². The van der Waals surface area contributed by atoms with E-state index in [2.05, 4.69) is 10.6 Å². The molecule has 1 aromatic carbocycles. The normalized spacial score (nSPS) is 19.0. The summed E-state index contributed by atoms with van der Waals surface area (Å²) in [6.45, 7) is 6.80. The molecule has 2 atom stereocenters. The zero-order chi connectivity index (χ0) is 26.3. The van der Waals surface area contributed by atoms with E-state index in [4.69, 9.17) is 0 Å². The first-order valence-electron chi connectivity index (χ1n) is 13.1. The second-order valence-corrected chi connectivity index (χ2v) is 11.4. The predicted molar refractivity (Wildman–Crippen MR) is 136 cm³/mol. The highest BCUT2D eigenvalue weighted by molar-refractivity contribution is 5.89. The monoisotopic (exact) mass is 504 g/mol. The zero-order valence-corrected chi connectivity index (χ0v) is 21.7. The molecule has 0 radical (unpaired) electrons. The van der Waals surface area contributed by atoms with Gasteiger partial charge in [0, 0.05) is 24.8 Å². The molecule has 9 heteroatoms. The van der Waals surface area contributed by atoms with Crippen LogP contribution < -0.4 is 10.6 Å². The average molecular weight is 505 g/mol. The number of benzene rings is 1. The van der Waals surface area contributed by atoms with Crippen LogP contribution in [0.3, 0.4) is 0 Å². The lowest BCUT2D eigenvalue weighted by atomic mass is 9.84. The first kappa shape index (κ1) is 27.9. The Kier molecular flexibility index (Phi) is 9.70. The lowest BCUT2D eigenvalue weighted by molar-refractivity contribution is -0.156. The molecule has 1 unspecified atom stereocenters. The van der Waals surface area contributed by atoms with E-state index in [9.17, 15) is 24.0 Å². The summed E-state index contributed by atoms with van der Waals surface area (Å²) in [6, 6.07) is 5.71. The molecule has 200 valence electrons. The van der Waals surface area contributed by atoms with Crippen LogP contribution in [0.2, 0.25) is 0 Å². The van der Waals surface area contributed by atoms with E-state index in [1.165, 1.54) is 12.1 Å². The number of carbonyl (C=O) groups excluding carboxylic acids is 3. The van der Waals surface area contributed by atoms with E-state index >= 15 is 0 Å². The zero-order valence-electron chi connectivity index (χ0n) is 21.7. The Morgan fingerprint density at radius 3 is 2.31 bits per heavy atom. The van der Waals surface area contributed by atoms with Crippen molar-refractivity contribution >= 4 is 23.9 Å². The van der Waals surface area contributed by atoms with Crippen LogP contribution in [0.1, 0.15) is 65.7 Å². The number of amides is 3. The molecule has 1 aromatic rings. The van der Waals surface area contributed by atoms with E-state index in [1.807, 2.05) is 20.8 Å². The SMILES string of the molecule is CC(C)(C)[C@H](NC(=O)C(CC1CCCC1)CN(O)C=O)C(=O)N1CCC(Nc2ccc(F)cc2)CC1. The fraction of sp³-hybridized carbons (Fsp3) is 0.667. The average Bonchev–Trinajstić information content (AvgIpc) is 3.36. The summed E-state index contributed by atoms with van der Waals surface area (Å²) >= 11 is 0. The molecule has 3 N–H and O–H groups in total. The quantitative estimate of drug-likeness (QED) is 0.256. The van der Waals surface area contributed by atoms with Crippen LogP contribution in [0.5, 0.6) is 0 Å². The Morgan fingerprint density at radius 1 is 1.14 bits per heavy atom. The Balaban J connectivity index is 1.61. The van der Waals surface area contributed by atoms with Crippen molar-refractivity contribution in [3.8, 4) is 0 Å². The smallest absolute Gasteiger partial charge is 0.245 e. The molecule has 3 rings (SSSR count). The molecular formula is C27H41FN4O4. The van der Waals surface area contributed by atoms with Crippen molar-refractivity contribution in [3.05, 3.63) is 30.1 Å². The number of likely N-dealkylation sites (tertiary alicyclic amines) is 1. The molecule has 1 aliphatic heterocycles. The van der Waals surface area contributed by atoms with Gasteiger partial charge in [-0.25, -0.2) is 9.45 Å². The summed E-state index contributed by atoms with van der Waals surface area (Å²) in [5, 5.41) is 16.7. The summed E-state index contributed by atoms with van der Waals surface area (Å²) in [4.78, 5) is 39.7. The topological polar surface area (TPSA) is 102 Å². The standard InChI is InChI=1S/C27H41FN4O4/c1-27(2,3)24(30-25(34)20(17-32(36)18-33)16-19-6-4-5-7-19)26(35)31-14-12-23(13-15-31)29-22-10-8-21(28)9-11-22/h8-11,18-20,23-24,29,36H,4-7,12-17H2,1-3H3,(H,30,34)/t20?,24-/m1/s1. The number of hydrogen-bond acceptors (Lipinski definition) is 5. The molecule has 1 aliphatic carbocycles. The number of nitrogens with one attached hydrogen (secondary N) is 2. The largest absolute Gasteiger partial charge is 0.382 e. The van der Waals surface area contributed by atoms with Crippen molar-refractivity contribution in [2.75, 3.05) is 25.0 Å². The van der Waals surface area contributed by atoms with E-state index in [0.717, 1.165) is 44.2 Å². The maximum atomic E-state index is 13.6. The number of hydroxylamine groups is 2. The lowest BCUT2D eigenvalue weighted by Gasteiger charge is -2.39. The molecule has 1 saturated carbocycles. The number of carbonyl (C=O) groups is 3. The third-order valence-electron chi connectivity index (χ3n) is 7.41. The molecule has 3 amide bonds. The van der Waals surface area contributed by atoms with Gasteiger partial charge in [-0.15, -0.1) is 0 Å². The molecule has 1 saturated heterocycles. The third kappa shape index (κ3) is 7.91. The van der Waals surface area contributed by atoms with Gasteiger partial charge in [0.15, 0.2) is 0 Å². The molecule has 36 heavy (non-hydrogen) atoms. The van der Waals surface area contributed by atoms with Gasteiger partial charge in [-0.05, 0) is 54.9 Å². The number of nitrogens with zero attached hydrogens (tertiary/aromatic N) is 2. The summed E-state index contributed by atoms with van der Waals surface area (Å²) in [5.74, 6) is -0.890. The van der Waals surface area contributed by atoms with Crippen LogP contribution in [-0.4, -0.2) is 65.1 Å². The van der Waals surface area contributed by atoms with Crippen LogP contribution in [0.25, 0.3) is 0 Å². The second kappa shape index (κ2) is 12.5. The van der Waals surface area contributed by atoms with Gasteiger partial charge in [-0.3, -0.25) is 19.6 Å². The Morgan fingerprint density at radius 2 is 1.75 bits per heavy atom. The first-order chi connectivity index (χ1) is 17.1. The highest BCUT2D eigenvalue weighted by atomic mass is 19.1. The Labute approximate surface area is 213 Å². The molecule has 0 spiro atoms. The van der Waals surface area contributed by atoms with Crippen molar-refractivity contribution < 1.29 is 24.0 Å². The number of rotatable bonds is 10.